The molecule has 2 amide bonds. The van der Waals surface area contributed by atoms with E-state index in [4.69, 9.17) is 0 Å². The highest BCUT2D eigenvalue weighted by molar-refractivity contribution is 5.80. The van der Waals surface area contributed by atoms with Gasteiger partial charge in [0.15, 0.2) is 0 Å². The minimum Gasteiger partial charge on any atom is -0.340 e. The van der Waals surface area contributed by atoms with Crippen molar-refractivity contribution in [2.75, 3.05) is 13.1 Å². The fourth-order valence-electron chi connectivity index (χ4n) is 3.40. The summed E-state index contributed by atoms with van der Waals surface area (Å²) in [5, 5.41) is 0. The van der Waals surface area contributed by atoms with Gasteiger partial charge in [-0.3, -0.25) is 9.59 Å². The standard InChI is InChI=1S/C20H26N4O2/c1-2-18-15-23(19(25)8-11-22-13-10-21-16-22)12-9-20(26)24(18)14-17-6-4-3-5-7-17/h3-7,10,13,16,18H,2,8-9,11-12,14-15H2,1H3/t18-/m0/s1. The molecule has 3 rings (SSSR count). The minimum atomic E-state index is 0.0578. The molecule has 0 N–H and O–H groups in total. The van der Waals surface area contributed by atoms with Gasteiger partial charge < -0.3 is 14.4 Å². The Morgan fingerprint density at radius 1 is 1.27 bits per heavy atom. The average Bonchev–Trinajstić information content (AvgIpc) is 3.13. The highest BCUT2D eigenvalue weighted by Gasteiger charge is 2.30. The molecule has 1 saturated heterocycles. The van der Waals surface area contributed by atoms with E-state index in [0.717, 1.165) is 12.0 Å². The number of hydrogen-bond acceptors (Lipinski definition) is 3. The van der Waals surface area contributed by atoms with Crippen LogP contribution in [-0.4, -0.2) is 50.3 Å². The van der Waals surface area contributed by atoms with Crippen molar-refractivity contribution >= 4 is 11.8 Å². The molecule has 1 fully saturated rings. The lowest BCUT2D eigenvalue weighted by molar-refractivity contribution is -0.133. The Morgan fingerprint density at radius 2 is 2.08 bits per heavy atom. The Hall–Kier alpha value is -2.63. The maximum Gasteiger partial charge on any atom is 0.224 e. The van der Waals surface area contributed by atoms with E-state index in [1.165, 1.54) is 0 Å². The summed E-state index contributed by atoms with van der Waals surface area (Å²) in [5.41, 5.74) is 1.12. The molecule has 0 spiro atoms. The van der Waals surface area contributed by atoms with Gasteiger partial charge in [0.2, 0.25) is 11.8 Å². The second-order valence-corrected chi connectivity index (χ2v) is 6.71. The number of carbonyl (C=O) groups is 2. The predicted molar refractivity (Wildman–Crippen MR) is 99.1 cm³/mol. The first-order valence-electron chi connectivity index (χ1n) is 9.24. The average molecular weight is 354 g/mol. The van der Waals surface area contributed by atoms with Crippen LogP contribution in [0.2, 0.25) is 0 Å². The molecule has 0 radical (unpaired) electrons. The molecule has 6 heteroatoms. The second kappa shape index (κ2) is 8.65. The molecule has 6 nitrogen and oxygen atoms in total. The lowest BCUT2D eigenvalue weighted by Gasteiger charge is -2.31. The third-order valence-electron chi connectivity index (χ3n) is 4.95. The summed E-state index contributed by atoms with van der Waals surface area (Å²) in [4.78, 5) is 33.1. The van der Waals surface area contributed by atoms with Gasteiger partial charge in [-0.05, 0) is 12.0 Å². The molecule has 1 aromatic heterocycles. The van der Waals surface area contributed by atoms with Crippen LogP contribution in [0, 0.1) is 0 Å². The van der Waals surface area contributed by atoms with Crippen LogP contribution in [0.3, 0.4) is 0 Å². The Morgan fingerprint density at radius 3 is 2.77 bits per heavy atom. The fraction of sp³-hybridized carbons (Fsp3) is 0.450. The molecule has 2 aromatic rings. The summed E-state index contributed by atoms with van der Waals surface area (Å²) in [6.45, 7) is 4.42. The van der Waals surface area contributed by atoms with Crippen molar-refractivity contribution in [3.05, 3.63) is 54.6 Å². The molecular weight excluding hydrogens is 328 g/mol. The van der Waals surface area contributed by atoms with Gasteiger partial charge in [0, 0.05) is 57.5 Å². The van der Waals surface area contributed by atoms with Crippen LogP contribution in [0.15, 0.2) is 49.1 Å². The van der Waals surface area contributed by atoms with Crippen molar-refractivity contribution in [1.82, 2.24) is 19.4 Å². The largest absolute Gasteiger partial charge is 0.340 e. The number of imidazole rings is 1. The number of hydrogen-bond donors (Lipinski definition) is 0. The van der Waals surface area contributed by atoms with Crippen LogP contribution in [-0.2, 0) is 22.7 Å². The zero-order valence-electron chi connectivity index (χ0n) is 15.3. The summed E-state index contributed by atoms with van der Waals surface area (Å²) >= 11 is 0. The summed E-state index contributed by atoms with van der Waals surface area (Å²) in [5.74, 6) is 0.233. The Labute approximate surface area is 154 Å². The van der Waals surface area contributed by atoms with Gasteiger partial charge in [0.05, 0.1) is 6.33 Å². The van der Waals surface area contributed by atoms with Crippen LogP contribution >= 0.6 is 0 Å². The Kier molecular flexibility index (Phi) is 6.04. The van der Waals surface area contributed by atoms with Crippen LogP contribution in [0.4, 0.5) is 0 Å². The third-order valence-corrected chi connectivity index (χ3v) is 4.95. The molecule has 0 aliphatic carbocycles. The molecule has 1 aliphatic heterocycles. The molecule has 1 aliphatic rings. The Bertz CT molecular complexity index is 715. The lowest BCUT2D eigenvalue weighted by Crippen LogP contribution is -2.43. The number of nitrogens with zero attached hydrogens (tertiary/aromatic N) is 4. The first-order valence-corrected chi connectivity index (χ1v) is 9.24. The number of aryl methyl sites for hydroxylation is 1. The van der Waals surface area contributed by atoms with Crippen molar-refractivity contribution < 1.29 is 9.59 Å². The monoisotopic (exact) mass is 354 g/mol. The molecule has 0 bridgehead atoms. The predicted octanol–water partition coefficient (Wildman–Crippen LogP) is 2.31. The normalized spacial score (nSPS) is 18.0. The van der Waals surface area contributed by atoms with E-state index >= 15 is 0 Å². The van der Waals surface area contributed by atoms with Gasteiger partial charge in [-0.2, -0.15) is 0 Å². The number of carbonyl (C=O) groups excluding carboxylic acids is 2. The number of rotatable bonds is 6. The molecule has 1 atom stereocenters. The van der Waals surface area contributed by atoms with Crippen LogP contribution in [0.25, 0.3) is 0 Å². The quantitative estimate of drug-likeness (QED) is 0.800. The molecule has 138 valence electrons. The number of benzene rings is 1. The topological polar surface area (TPSA) is 58.4 Å². The van der Waals surface area contributed by atoms with E-state index in [1.54, 1.807) is 12.5 Å². The second-order valence-electron chi connectivity index (χ2n) is 6.71. The van der Waals surface area contributed by atoms with Gasteiger partial charge in [-0.25, -0.2) is 4.98 Å². The van der Waals surface area contributed by atoms with Gasteiger partial charge in [0.1, 0.15) is 0 Å². The van der Waals surface area contributed by atoms with Crippen molar-refractivity contribution in [2.45, 2.75) is 45.3 Å². The molecule has 0 saturated carbocycles. The van der Waals surface area contributed by atoms with Crippen LogP contribution in [0.5, 0.6) is 0 Å². The van der Waals surface area contributed by atoms with Gasteiger partial charge in [0.25, 0.3) is 0 Å². The molecule has 0 unspecified atom stereocenters. The summed E-state index contributed by atoms with van der Waals surface area (Å²) in [6, 6.07) is 10.1. The lowest BCUT2D eigenvalue weighted by atomic mass is 10.1. The Balaban J connectivity index is 1.64. The van der Waals surface area contributed by atoms with Gasteiger partial charge in [-0.15, -0.1) is 0 Å². The molecule has 26 heavy (non-hydrogen) atoms. The first kappa shape index (κ1) is 18.2. The van der Waals surface area contributed by atoms with E-state index in [1.807, 2.05) is 50.9 Å². The van der Waals surface area contributed by atoms with Gasteiger partial charge >= 0.3 is 0 Å². The number of aromatic nitrogens is 2. The highest BCUT2D eigenvalue weighted by atomic mass is 16.2. The van der Waals surface area contributed by atoms with Crippen molar-refractivity contribution in [3.8, 4) is 0 Å². The van der Waals surface area contributed by atoms with Crippen molar-refractivity contribution in [1.29, 1.82) is 0 Å². The molecule has 1 aromatic carbocycles. The number of amides is 2. The van der Waals surface area contributed by atoms with E-state index in [2.05, 4.69) is 11.9 Å². The van der Waals surface area contributed by atoms with Crippen LogP contribution < -0.4 is 0 Å². The zero-order valence-corrected chi connectivity index (χ0v) is 15.3. The van der Waals surface area contributed by atoms with E-state index in [9.17, 15) is 9.59 Å². The smallest absolute Gasteiger partial charge is 0.224 e. The van der Waals surface area contributed by atoms with Crippen molar-refractivity contribution in [2.24, 2.45) is 0 Å². The van der Waals surface area contributed by atoms with Gasteiger partial charge in [-0.1, -0.05) is 37.3 Å². The highest BCUT2D eigenvalue weighted by Crippen LogP contribution is 2.18. The minimum absolute atomic E-state index is 0.0578. The maximum absolute atomic E-state index is 12.7. The summed E-state index contributed by atoms with van der Waals surface area (Å²) in [7, 11) is 0. The zero-order chi connectivity index (χ0) is 18.4. The first-order chi connectivity index (χ1) is 12.7. The van der Waals surface area contributed by atoms with Crippen molar-refractivity contribution in [3.63, 3.8) is 0 Å². The van der Waals surface area contributed by atoms with E-state index in [0.29, 0.717) is 39.0 Å². The maximum atomic E-state index is 12.7. The third kappa shape index (κ3) is 4.50. The van der Waals surface area contributed by atoms with Crippen LogP contribution in [0.1, 0.15) is 31.7 Å². The van der Waals surface area contributed by atoms with E-state index in [-0.39, 0.29) is 17.9 Å². The molecule has 2 heterocycles. The SMILES string of the molecule is CC[C@H]1CN(C(=O)CCn2ccnc2)CCC(=O)N1Cc1ccccc1. The fourth-order valence-corrected chi connectivity index (χ4v) is 3.40. The summed E-state index contributed by atoms with van der Waals surface area (Å²) in [6.07, 6.45) is 6.94. The molecular formula is C20H26N4O2. The van der Waals surface area contributed by atoms with E-state index < -0.39 is 0 Å². The summed E-state index contributed by atoms with van der Waals surface area (Å²) < 4.78 is 1.90.